The summed E-state index contributed by atoms with van der Waals surface area (Å²) in [7, 11) is 0. The van der Waals surface area contributed by atoms with E-state index in [4.69, 9.17) is 5.73 Å². The molecule has 0 fully saturated rings. The monoisotopic (exact) mass is 273 g/mol. The molecular weight excluding hydrogens is 254 g/mol. The van der Waals surface area contributed by atoms with Gasteiger partial charge in [0.05, 0.1) is 5.75 Å². The van der Waals surface area contributed by atoms with Crippen LogP contribution < -0.4 is 5.73 Å². The normalized spacial score (nSPS) is 10.9. The van der Waals surface area contributed by atoms with Crippen molar-refractivity contribution in [1.82, 2.24) is 9.97 Å². The standard InChI is InChI=1S/C15H19N3S/c1-11(2)8-12-9-14(16)18-15(17-12)10-19-13-6-4-3-5-7-13/h3-7,9,11H,8,10H2,1-2H3,(H2,16,17,18). The largest absolute Gasteiger partial charge is 0.384 e. The number of thioether (sulfide) groups is 1. The highest BCUT2D eigenvalue weighted by molar-refractivity contribution is 7.98. The number of nitrogen functional groups attached to an aromatic ring is 1. The highest BCUT2D eigenvalue weighted by atomic mass is 32.2. The van der Waals surface area contributed by atoms with Gasteiger partial charge in [-0.3, -0.25) is 0 Å². The van der Waals surface area contributed by atoms with E-state index in [1.54, 1.807) is 11.8 Å². The van der Waals surface area contributed by atoms with Crippen molar-refractivity contribution in [3.05, 3.63) is 47.9 Å². The van der Waals surface area contributed by atoms with Crippen LogP contribution in [0.2, 0.25) is 0 Å². The van der Waals surface area contributed by atoms with Crippen LogP contribution >= 0.6 is 11.8 Å². The maximum absolute atomic E-state index is 5.84. The Morgan fingerprint density at radius 1 is 1.16 bits per heavy atom. The molecule has 0 amide bonds. The summed E-state index contributed by atoms with van der Waals surface area (Å²) in [5.74, 6) is 2.70. The fourth-order valence-electron chi connectivity index (χ4n) is 1.83. The van der Waals surface area contributed by atoms with Crippen molar-refractivity contribution in [2.75, 3.05) is 5.73 Å². The highest BCUT2D eigenvalue weighted by Crippen LogP contribution is 2.21. The predicted molar refractivity (Wildman–Crippen MR) is 81.0 cm³/mol. The fourth-order valence-corrected chi connectivity index (χ4v) is 2.60. The van der Waals surface area contributed by atoms with E-state index in [9.17, 15) is 0 Å². The summed E-state index contributed by atoms with van der Waals surface area (Å²) in [6.07, 6.45) is 0.940. The Bertz CT molecular complexity index is 526. The van der Waals surface area contributed by atoms with Gasteiger partial charge >= 0.3 is 0 Å². The minimum atomic E-state index is 0.564. The summed E-state index contributed by atoms with van der Waals surface area (Å²) in [5, 5.41) is 0. The van der Waals surface area contributed by atoms with Crippen molar-refractivity contribution in [2.24, 2.45) is 5.92 Å². The van der Waals surface area contributed by atoms with Gasteiger partial charge in [0.15, 0.2) is 0 Å². The smallest absolute Gasteiger partial charge is 0.141 e. The number of nitrogens with two attached hydrogens (primary N) is 1. The molecule has 4 heteroatoms. The second-order valence-corrected chi connectivity index (χ2v) is 5.95. The van der Waals surface area contributed by atoms with Gasteiger partial charge in [0.2, 0.25) is 0 Å². The average molecular weight is 273 g/mol. The molecule has 0 atom stereocenters. The topological polar surface area (TPSA) is 51.8 Å². The van der Waals surface area contributed by atoms with Crippen molar-refractivity contribution in [2.45, 2.75) is 30.9 Å². The predicted octanol–water partition coefficient (Wildman–Crippen LogP) is 3.55. The van der Waals surface area contributed by atoms with Crippen molar-refractivity contribution in [3.8, 4) is 0 Å². The molecule has 0 saturated carbocycles. The summed E-state index contributed by atoms with van der Waals surface area (Å²) < 4.78 is 0. The van der Waals surface area contributed by atoms with E-state index in [1.165, 1.54) is 4.90 Å². The van der Waals surface area contributed by atoms with E-state index < -0.39 is 0 Å². The third-order valence-electron chi connectivity index (χ3n) is 2.57. The quantitative estimate of drug-likeness (QED) is 0.846. The van der Waals surface area contributed by atoms with Gasteiger partial charge in [-0.2, -0.15) is 0 Å². The molecular formula is C15H19N3S. The molecule has 0 aliphatic heterocycles. The Kier molecular flexibility index (Phi) is 4.80. The molecule has 3 nitrogen and oxygen atoms in total. The molecule has 2 rings (SSSR count). The van der Waals surface area contributed by atoms with E-state index in [2.05, 4.69) is 35.9 Å². The number of rotatable bonds is 5. The molecule has 0 radical (unpaired) electrons. The summed E-state index contributed by atoms with van der Waals surface area (Å²) in [6.45, 7) is 4.35. The van der Waals surface area contributed by atoms with Gasteiger partial charge in [-0.15, -0.1) is 11.8 Å². The molecule has 1 heterocycles. The number of hydrogen-bond acceptors (Lipinski definition) is 4. The second-order valence-electron chi connectivity index (χ2n) is 4.90. The molecule has 0 aliphatic carbocycles. The van der Waals surface area contributed by atoms with E-state index in [0.29, 0.717) is 11.7 Å². The SMILES string of the molecule is CC(C)Cc1cc(N)nc(CSc2ccccc2)n1. The van der Waals surface area contributed by atoms with E-state index >= 15 is 0 Å². The molecule has 100 valence electrons. The third-order valence-corrected chi connectivity index (χ3v) is 3.58. The van der Waals surface area contributed by atoms with Crippen LogP contribution in [0.25, 0.3) is 0 Å². The fraction of sp³-hybridized carbons (Fsp3) is 0.333. The van der Waals surface area contributed by atoms with Crippen LogP contribution in [-0.4, -0.2) is 9.97 Å². The molecule has 19 heavy (non-hydrogen) atoms. The summed E-state index contributed by atoms with van der Waals surface area (Å²) >= 11 is 1.73. The zero-order valence-corrected chi connectivity index (χ0v) is 12.2. The first-order chi connectivity index (χ1) is 9.13. The van der Waals surface area contributed by atoms with Crippen LogP contribution in [0.15, 0.2) is 41.3 Å². The third kappa shape index (κ3) is 4.56. The zero-order valence-electron chi connectivity index (χ0n) is 11.3. The maximum Gasteiger partial charge on any atom is 0.141 e. The second kappa shape index (κ2) is 6.57. The lowest BCUT2D eigenvalue weighted by molar-refractivity contribution is 0.632. The Morgan fingerprint density at radius 2 is 1.89 bits per heavy atom. The van der Waals surface area contributed by atoms with Crippen LogP contribution in [0.4, 0.5) is 5.82 Å². The molecule has 0 spiro atoms. The summed E-state index contributed by atoms with van der Waals surface area (Å²) in [6, 6.07) is 12.1. The van der Waals surface area contributed by atoms with E-state index in [1.807, 2.05) is 24.3 Å². The van der Waals surface area contributed by atoms with Crippen LogP contribution in [0, 0.1) is 5.92 Å². The van der Waals surface area contributed by atoms with Gasteiger partial charge < -0.3 is 5.73 Å². The Labute approximate surface area is 118 Å². The van der Waals surface area contributed by atoms with Crippen molar-refractivity contribution in [3.63, 3.8) is 0 Å². The molecule has 2 N–H and O–H groups in total. The number of nitrogens with zero attached hydrogens (tertiary/aromatic N) is 2. The minimum Gasteiger partial charge on any atom is -0.384 e. The van der Waals surface area contributed by atoms with Crippen LogP contribution in [0.1, 0.15) is 25.4 Å². The lowest BCUT2D eigenvalue weighted by Crippen LogP contribution is -2.05. The van der Waals surface area contributed by atoms with Crippen LogP contribution in [-0.2, 0) is 12.2 Å². The van der Waals surface area contributed by atoms with Gasteiger partial charge in [-0.25, -0.2) is 9.97 Å². The molecule has 0 saturated heterocycles. The summed E-state index contributed by atoms with van der Waals surface area (Å²) in [4.78, 5) is 10.1. The van der Waals surface area contributed by atoms with Gasteiger partial charge in [0.25, 0.3) is 0 Å². The molecule has 0 unspecified atom stereocenters. The van der Waals surface area contributed by atoms with E-state index in [0.717, 1.165) is 23.7 Å². The van der Waals surface area contributed by atoms with Crippen molar-refractivity contribution in [1.29, 1.82) is 0 Å². The Hall–Kier alpha value is -1.55. The Balaban J connectivity index is 2.05. The van der Waals surface area contributed by atoms with Crippen molar-refractivity contribution < 1.29 is 0 Å². The van der Waals surface area contributed by atoms with Crippen LogP contribution in [0.3, 0.4) is 0 Å². The molecule has 0 bridgehead atoms. The summed E-state index contributed by atoms with van der Waals surface area (Å²) in [5.41, 5.74) is 6.88. The number of hydrogen-bond donors (Lipinski definition) is 1. The zero-order chi connectivity index (χ0) is 13.7. The van der Waals surface area contributed by atoms with Gasteiger partial charge in [0, 0.05) is 16.7 Å². The molecule has 1 aromatic heterocycles. The van der Waals surface area contributed by atoms with Gasteiger partial charge in [0.1, 0.15) is 11.6 Å². The Morgan fingerprint density at radius 3 is 2.58 bits per heavy atom. The van der Waals surface area contributed by atoms with Crippen LogP contribution in [0.5, 0.6) is 0 Å². The van der Waals surface area contributed by atoms with Gasteiger partial charge in [-0.05, 0) is 24.5 Å². The minimum absolute atomic E-state index is 0.564. The molecule has 1 aromatic carbocycles. The average Bonchev–Trinajstić information content (AvgIpc) is 2.36. The van der Waals surface area contributed by atoms with Crippen molar-refractivity contribution >= 4 is 17.6 Å². The first-order valence-electron chi connectivity index (χ1n) is 6.43. The lowest BCUT2D eigenvalue weighted by atomic mass is 10.1. The number of anilines is 1. The molecule has 2 aromatic rings. The molecule has 0 aliphatic rings. The number of benzene rings is 1. The first-order valence-corrected chi connectivity index (χ1v) is 7.42. The number of aromatic nitrogens is 2. The first kappa shape index (κ1) is 13.9. The maximum atomic E-state index is 5.84. The lowest BCUT2D eigenvalue weighted by Gasteiger charge is -2.07. The van der Waals surface area contributed by atoms with E-state index in [-0.39, 0.29) is 0 Å². The highest BCUT2D eigenvalue weighted by Gasteiger charge is 2.05. The van der Waals surface area contributed by atoms with Gasteiger partial charge in [-0.1, -0.05) is 32.0 Å².